The van der Waals surface area contributed by atoms with Crippen molar-refractivity contribution in [3.05, 3.63) is 23.8 Å². The molecule has 0 aromatic rings. The molecule has 0 radical (unpaired) electrons. The van der Waals surface area contributed by atoms with Crippen molar-refractivity contribution in [2.75, 3.05) is 26.2 Å². The molecule has 0 bridgehead atoms. The van der Waals surface area contributed by atoms with Gasteiger partial charge >= 0.3 is 0 Å². The SMILES string of the molecule is C=C(/C=C1/CCN(C=O)C/C1=N/CCl)CC.COC(C)(C)C. The molecule has 126 valence electrons. The maximum Gasteiger partial charge on any atom is 0.210 e. The van der Waals surface area contributed by atoms with E-state index in [2.05, 4.69) is 24.6 Å². The van der Waals surface area contributed by atoms with Gasteiger partial charge in [-0.1, -0.05) is 25.2 Å². The molecule has 0 saturated carbocycles. The zero-order chi connectivity index (χ0) is 17.2. The summed E-state index contributed by atoms with van der Waals surface area (Å²) in [6.45, 7) is 13.4. The molecule has 1 rings (SSSR count). The Morgan fingerprint density at radius 3 is 2.50 bits per heavy atom. The molecule has 1 aliphatic heterocycles. The normalized spacial score (nSPS) is 18.9. The van der Waals surface area contributed by atoms with Crippen molar-refractivity contribution in [1.29, 1.82) is 0 Å². The van der Waals surface area contributed by atoms with E-state index < -0.39 is 0 Å². The van der Waals surface area contributed by atoms with Crippen LogP contribution in [0.3, 0.4) is 0 Å². The third-order valence-corrected chi connectivity index (χ3v) is 3.36. The number of likely N-dealkylation sites (tertiary alicyclic amines) is 1. The Morgan fingerprint density at radius 2 is 2.09 bits per heavy atom. The first kappa shape index (κ1) is 20.9. The quantitative estimate of drug-likeness (QED) is 0.447. The third kappa shape index (κ3) is 9.00. The fraction of sp³-hybridized carbons (Fsp3) is 0.647. The fourth-order valence-electron chi connectivity index (χ4n) is 1.60. The lowest BCUT2D eigenvalue weighted by molar-refractivity contribution is -0.117. The van der Waals surface area contributed by atoms with E-state index in [1.807, 2.05) is 20.8 Å². The largest absolute Gasteiger partial charge is 0.379 e. The summed E-state index contributed by atoms with van der Waals surface area (Å²) in [4.78, 5) is 16.6. The highest BCUT2D eigenvalue weighted by atomic mass is 35.5. The second-order valence-electron chi connectivity index (χ2n) is 6.05. The Bertz CT molecular complexity index is 423. The van der Waals surface area contributed by atoms with Crippen LogP contribution in [0.1, 0.15) is 40.5 Å². The molecule has 1 aliphatic rings. The molecule has 0 spiro atoms. The zero-order valence-corrected chi connectivity index (χ0v) is 15.2. The first-order valence-corrected chi connectivity index (χ1v) is 8.03. The maximum absolute atomic E-state index is 10.7. The highest BCUT2D eigenvalue weighted by molar-refractivity contribution is 6.19. The Hall–Kier alpha value is -1.13. The molecule has 1 amide bonds. The molecule has 22 heavy (non-hydrogen) atoms. The van der Waals surface area contributed by atoms with Gasteiger partial charge in [-0.25, -0.2) is 0 Å². The summed E-state index contributed by atoms with van der Waals surface area (Å²) in [7, 11) is 1.71. The summed E-state index contributed by atoms with van der Waals surface area (Å²) in [5.41, 5.74) is 3.19. The number of rotatable bonds is 4. The second-order valence-corrected chi connectivity index (χ2v) is 6.29. The smallest absolute Gasteiger partial charge is 0.210 e. The number of carbonyl (C=O) groups excluding carboxylic acids is 1. The van der Waals surface area contributed by atoms with E-state index in [0.29, 0.717) is 6.54 Å². The topological polar surface area (TPSA) is 41.9 Å². The van der Waals surface area contributed by atoms with Crippen LogP contribution in [-0.2, 0) is 9.53 Å². The van der Waals surface area contributed by atoms with Crippen molar-refractivity contribution >= 4 is 23.7 Å². The van der Waals surface area contributed by atoms with E-state index in [4.69, 9.17) is 16.3 Å². The molecule has 1 fully saturated rings. The van der Waals surface area contributed by atoms with Crippen LogP contribution in [0.15, 0.2) is 28.8 Å². The molecule has 1 saturated heterocycles. The molecule has 5 heteroatoms. The summed E-state index contributed by atoms with van der Waals surface area (Å²) >= 11 is 5.62. The van der Waals surface area contributed by atoms with E-state index in [0.717, 1.165) is 42.7 Å². The lowest BCUT2D eigenvalue weighted by Gasteiger charge is -2.26. The summed E-state index contributed by atoms with van der Waals surface area (Å²) in [5.74, 6) is 0. The number of hydrogen-bond acceptors (Lipinski definition) is 3. The molecule has 0 atom stereocenters. The van der Waals surface area contributed by atoms with Crippen LogP contribution in [0.5, 0.6) is 0 Å². The van der Waals surface area contributed by atoms with Crippen molar-refractivity contribution < 1.29 is 9.53 Å². The van der Waals surface area contributed by atoms with Gasteiger partial charge in [0.25, 0.3) is 0 Å². The Labute approximate surface area is 139 Å². The lowest BCUT2D eigenvalue weighted by Crippen LogP contribution is -2.36. The van der Waals surface area contributed by atoms with Gasteiger partial charge in [0.15, 0.2) is 0 Å². The van der Waals surface area contributed by atoms with Gasteiger partial charge in [0.1, 0.15) is 6.00 Å². The first-order valence-electron chi connectivity index (χ1n) is 7.49. The minimum absolute atomic E-state index is 0.0417. The molecule has 0 unspecified atom stereocenters. The highest BCUT2D eigenvalue weighted by Gasteiger charge is 2.18. The van der Waals surface area contributed by atoms with E-state index in [1.54, 1.807) is 12.0 Å². The van der Waals surface area contributed by atoms with Gasteiger partial charge < -0.3 is 9.64 Å². The average Bonchev–Trinajstić information content (AvgIpc) is 2.49. The lowest BCUT2D eigenvalue weighted by atomic mass is 9.99. The molecule has 0 aromatic heterocycles. The second kappa shape index (κ2) is 10.6. The minimum Gasteiger partial charge on any atom is -0.379 e. The van der Waals surface area contributed by atoms with Gasteiger partial charge in [-0.2, -0.15) is 0 Å². The summed E-state index contributed by atoms with van der Waals surface area (Å²) in [6, 6.07) is 0.234. The van der Waals surface area contributed by atoms with Crippen molar-refractivity contribution in [2.45, 2.75) is 46.1 Å². The number of methoxy groups -OCH3 is 1. The zero-order valence-electron chi connectivity index (χ0n) is 14.5. The minimum atomic E-state index is 0.0417. The van der Waals surface area contributed by atoms with Crippen molar-refractivity contribution in [1.82, 2.24) is 4.90 Å². The summed E-state index contributed by atoms with van der Waals surface area (Å²) in [6.07, 6.45) is 4.67. The molecule has 0 N–H and O–H groups in total. The molecule has 0 aliphatic carbocycles. The highest BCUT2D eigenvalue weighted by Crippen LogP contribution is 2.16. The Kier molecular flexibility index (Phi) is 10.0. The van der Waals surface area contributed by atoms with Crippen LogP contribution in [0, 0.1) is 0 Å². The third-order valence-electron chi connectivity index (χ3n) is 3.24. The van der Waals surface area contributed by atoms with Gasteiger partial charge in [0, 0.05) is 13.7 Å². The van der Waals surface area contributed by atoms with Gasteiger partial charge in [-0.3, -0.25) is 9.79 Å². The number of carbonyl (C=O) groups is 1. The van der Waals surface area contributed by atoms with E-state index in [-0.39, 0.29) is 11.6 Å². The van der Waals surface area contributed by atoms with Crippen molar-refractivity contribution in [3.8, 4) is 0 Å². The monoisotopic (exact) mass is 328 g/mol. The van der Waals surface area contributed by atoms with Crippen LogP contribution >= 0.6 is 11.6 Å². The van der Waals surface area contributed by atoms with Crippen LogP contribution in [0.2, 0.25) is 0 Å². The number of nitrogens with zero attached hydrogens (tertiary/aromatic N) is 2. The molecule has 4 nitrogen and oxygen atoms in total. The first-order chi connectivity index (χ1) is 10.3. The van der Waals surface area contributed by atoms with E-state index >= 15 is 0 Å². The number of aliphatic imine (C=N–C) groups is 1. The number of alkyl halides is 1. The number of halogens is 1. The summed E-state index contributed by atoms with van der Waals surface area (Å²) < 4.78 is 4.94. The van der Waals surface area contributed by atoms with Gasteiger partial charge in [-0.15, -0.1) is 11.6 Å². The van der Waals surface area contributed by atoms with Crippen molar-refractivity contribution in [3.63, 3.8) is 0 Å². The number of piperidine rings is 1. The van der Waals surface area contributed by atoms with Crippen LogP contribution < -0.4 is 0 Å². The van der Waals surface area contributed by atoms with Gasteiger partial charge in [0.05, 0.1) is 17.9 Å². The standard InChI is InChI=1S/C12H17ClN2O.C5H12O/c1-3-10(2)6-11-4-5-15(9-16)7-12(11)14-8-13;1-5(2,3)6-4/h6,9H,2-5,7-8H2,1H3;1-4H3/b11-6-,14-12-;. The van der Waals surface area contributed by atoms with Crippen LogP contribution in [0.25, 0.3) is 0 Å². The summed E-state index contributed by atoms with van der Waals surface area (Å²) in [5, 5.41) is 0. The van der Waals surface area contributed by atoms with Crippen molar-refractivity contribution in [2.24, 2.45) is 4.99 Å². The molecule has 1 heterocycles. The van der Waals surface area contributed by atoms with E-state index in [1.165, 1.54) is 0 Å². The van der Waals surface area contributed by atoms with Gasteiger partial charge in [-0.05, 0) is 39.2 Å². The number of allylic oxidation sites excluding steroid dienone is 2. The fourth-order valence-corrected chi connectivity index (χ4v) is 1.74. The average molecular weight is 329 g/mol. The van der Waals surface area contributed by atoms with E-state index in [9.17, 15) is 4.79 Å². The number of amides is 1. The molecular formula is C17H29ClN2O2. The number of hydrogen-bond donors (Lipinski definition) is 0. The van der Waals surface area contributed by atoms with Gasteiger partial charge in [0.2, 0.25) is 6.41 Å². The predicted molar refractivity (Wildman–Crippen MR) is 94.7 cm³/mol. The van der Waals surface area contributed by atoms with Crippen LogP contribution in [0.4, 0.5) is 0 Å². The molecular weight excluding hydrogens is 300 g/mol. The van der Waals surface area contributed by atoms with Crippen LogP contribution in [-0.4, -0.2) is 48.8 Å². The predicted octanol–water partition coefficient (Wildman–Crippen LogP) is 3.81. The Morgan fingerprint density at radius 1 is 1.50 bits per heavy atom. The number of ether oxygens (including phenoxy) is 1. The maximum atomic E-state index is 10.7. The molecule has 0 aromatic carbocycles. The Balaban J connectivity index is 0.000000626.